The van der Waals surface area contributed by atoms with Gasteiger partial charge in [-0.3, -0.25) is 9.59 Å². The van der Waals surface area contributed by atoms with Gasteiger partial charge in [0.2, 0.25) is 5.91 Å². The molecule has 0 aliphatic heterocycles. The number of ether oxygens (including phenoxy) is 2. The summed E-state index contributed by atoms with van der Waals surface area (Å²) in [5, 5.41) is 2.82. The lowest BCUT2D eigenvalue weighted by molar-refractivity contribution is -0.143. The largest absolute Gasteiger partial charge is 0.494 e. The zero-order chi connectivity index (χ0) is 20.0. The molecular formula is C23H29NO4. The van der Waals surface area contributed by atoms with Crippen molar-refractivity contribution in [1.29, 1.82) is 0 Å². The molecule has 28 heavy (non-hydrogen) atoms. The van der Waals surface area contributed by atoms with Crippen molar-refractivity contribution < 1.29 is 19.1 Å². The summed E-state index contributed by atoms with van der Waals surface area (Å²) in [7, 11) is 0. The molecule has 0 bridgehead atoms. The Morgan fingerprint density at radius 2 is 1.64 bits per heavy atom. The first-order valence-corrected chi connectivity index (χ1v) is 9.89. The Balaban J connectivity index is 1.55. The molecule has 0 saturated carbocycles. The molecule has 0 atom stereocenters. The Kier molecular flexibility index (Phi) is 9.62. The van der Waals surface area contributed by atoms with Gasteiger partial charge in [0.05, 0.1) is 13.2 Å². The van der Waals surface area contributed by atoms with Gasteiger partial charge < -0.3 is 14.8 Å². The second-order valence-electron chi connectivity index (χ2n) is 6.58. The van der Waals surface area contributed by atoms with Crippen molar-refractivity contribution in [2.75, 3.05) is 18.5 Å². The van der Waals surface area contributed by atoms with E-state index < -0.39 is 0 Å². The Labute approximate surface area is 167 Å². The molecule has 1 amide bonds. The van der Waals surface area contributed by atoms with E-state index in [1.54, 1.807) is 0 Å². The molecule has 0 radical (unpaired) electrons. The lowest BCUT2D eigenvalue weighted by Gasteiger charge is -2.08. The zero-order valence-electron chi connectivity index (χ0n) is 16.5. The number of aryl methyl sites for hydroxylation is 1. The van der Waals surface area contributed by atoms with Gasteiger partial charge in [-0.1, -0.05) is 37.3 Å². The van der Waals surface area contributed by atoms with Crippen molar-refractivity contribution in [2.24, 2.45) is 0 Å². The van der Waals surface area contributed by atoms with Crippen LogP contribution in [0.2, 0.25) is 0 Å². The maximum absolute atomic E-state index is 12.0. The van der Waals surface area contributed by atoms with Crippen LogP contribution in [-0.4, -0.2) is 25.1 Å². The van der Waals surface area contributed by atoms with Gasteiger partial charge in [0, 0.05) is 18.5 Å². The molecular weight excluding hydrogens is 354 g/mol. The van der Waals surface area contributed by atoms with Gasteiger partial charge in [0.1, 0.15) is 5.75 Å². The van der Waals surface area contributed by atoms with E-state index in [0.29, 0.717) is 19.6 Å². The minimum atomic E-state index is -0.252. The van der Waals surface area contributed by atoms with E-state index in [9.17, 15) is 9.59 Å². The Morgan fingerprint density at radius 3 is 2.36 bits per heavy atom. The summed E-state index contributed by atoms with van der Waals surface area (Å²) in [6.07, 6.45) is 3.65. The fourth-order valence-electron chi connectivity index (χ4n) is 2.65. The highest BCUT2D eigenvalue weighted by molar-refractivity contribution is 5.90. The van der Waals surface area contributed by atoms with Crippen LogP contribution in [0.1, 0.15) is 44.6 Å². The maximum atomic E-state index is 12.0. The van der Waals surface area contributed by atoms with Gasteiger partial charge in [0.25, 0.3) is 0 Å². The van der Waals surface area contributed by atoms with Gasteiger partial charge in [0.15, 0.2) is 0 Å². The summed E-state index contributed by atoms with van der Waals surface area (Å²) in [4.78, 5) is 23.7. The summed E-state index contributed by atoms with van der Waals surface area (Å²) in [6, 6.07) is 17.4. The van der Waals surface area contributed by atoms with Crippen molar-refractivity contribution in [1.82, 2.24) is 0 Å². The number of anilines is 1. The Morgan fingerprint density at radius 1 is 0.893 bits per heavy atom. The quantitative estimate of drug-likeness (QED) is 0.424. The summed E-state index contributed by atoms with van der Waals surface area (Å²) < 4.78 is 10.7. The van der Waals surface area contributed by atoms with Crippen LogP contribution in [-0.2, 0) is 20.7 Å². The normalized spacial score (nSPS) is 10.3. The third kappa shape index (κ3) is 8.71. The van der Waals surface area contributed by atoms with Crippen molar-refractivity contribution in [3.8, 4) is 5.75 Å². The predicted octanol–water partition coefficient (Wildman–Crippen LogP) is 4.76. The molecule has 0 aromatic heterocycles. The highest BCUT2D eigenvalue weighted by atomic mass is 16.5. The molecule has 0 saturated heterocycles. The number of hydrogen-bond acceptors (Lipinski definition) is 4. The smallest absolute Gasteiger partial charge is 0.305 e. The number of carbonyl (C=O) groups excluding carboxylic acids is 2. The molecule has 2 aromatic carbocycles. The molecule has 0 fully saturated rings. The van der Waals surface area contributed by atoms with E-state index in [-0.39, 0.29) is 24.7 Å². The monoisotopic (exact) mass is 383 g/mol. The summed E-state index contributed by atoms with van der Waals surface area (Å²) in [5.74, 6) is 0.423. The number of esters is 1. The fourth-order valence-corrected chi connectivity index (χ4v) is 2.65. The van der Waals surface area contributed by atoms with Crippen LogP contribution in [0.25, 0.3) is 0 Å². The average molecular weight is 383 g/mol. The molecule has 0 unspecified atom stereocenters. The standard InChI is InChI=1S/C23H29NO4/c1-2-17-27-21-15-13-20(14-16-21)24-22(25)11-6-12-23(26)28-18-7-10-19-8-4-3-5-9-19/h3-5,8-9,13-16H,2,6-7,10-12,17-18H2,1H3,(H,24,25). The number of amides is 1. The zero-order valence-corrected chi connectivity index (χ0v) is 16.5. The average Bonchev–Trinajstić information content (AvgIpc) is 2.71. The van der Waals surface area contributed by atoms with E-state index in [1.165, 1.54) is 5.56 Å². The summed E-state index contributed by atoms with van der Waals surface area (Å²) in [6.45, 7) is 3.13. The van der Waals surface area contributed by atoms with E-state index in [4.69, 9.17) is 9.47 Å². The molecule has 1 N–H and O–H groups in total. The van der Waals surface area contributed by atoms with E-state index in [0.717, 1.165) is 30.7 Å². The SMILES string of the molecule is CCCOc1ccc(NC(=O)CCCC(=O)OCCCc2ccccc2)cc1. The van der Waals surface area contributed by atoms with Crippen LogP contribution in [0.15, 0.2) is 54.6 Å². The molecule has 0 aliphatic rings. The van der Waals surface area contributed by atoms with Crippen LogP contribution in [0, 0.1) is 0 Å². The van der Waals surface area contributed by atoms with Gasteiger partial charge >= 0.3 is 5.97 Å². The Bertz CT molecular complexity index is 713. The van der Waals surface area contributed by atoms with Crippen LogP contribution < -0.4 is 10.1 Å². The van der Waals surface area contributed by atoms with Crippen LogP contribution in [0.3, 0.4) is 0 Å². The second kappa shape index (κ2) is 12.5. The number of benzene rings is 2. The highest BCUT2D eigenvalue weighted by Crippen LogP contribution is 2.16. The molecule has 2 aromatic rings. The lowest BCUT2D eigenvalue weighted by Crippen LogP contribution is -2.13. The number of nitrogens with one attached hydrogen (secondary N) is 1. The van der Waals surface area contributed by atoms with Crippen LogP contribution in [0.4, 0.5) is 5.69 Å². The lowest BCUT2D eigenvalue weighted by atomic mass is 10.1. The number of carbonyl (C=O) groups is 2. The van der Waals surface area contributed by atoms with Gasteiger partial charge in [-0.15, -0.1) is 0 Å². The van der Waals surface area contributed by atoms with Gasteiger partial charge in [-0.2, -0.15) is 0 Å². The molecule has 150 valence electrons. The Hall–Kier alpha value is -2.82. The van der Waals surface area contributed by atoms with E-state index in [2.05, 4.69) is 24.4 Å². The third-order valence-corrected chi connectivity index (χ3v) is 4.11. The summed E-state index contributed by atoms with van der Waals surface area (Å²) in [5.41, 5.74) is 1.96. The number of hydrogen-bond donors (Lipinski definition) is 1. The molecule has 5 heteroatoms. The first-order valence-electron chi connectivity index (χ1n) is 9.89. The van der Waals surface area contributed by atoms with Crippen molar-refractivity contribution in [3.05, 3.63) is 60.2 Å². The molecule has 0 aliphatic carbocycles. The topological polar surface area (TPSA) is 64.6 Å². The fraction of sp³-hybridized carbons (Fsp3) is 0.391. The minimum absolute atomic E-state index is 0.112. The first kappa shape index (κ1) is 21.5. The van der Waals surface area contributed by atoms with E-state index in [1.807, 2.05) is 42.5 Å². The second-order valence-corrected chi connectivity index (χ2v) is 6.58. The third-order valence-electron chi connectivity index (χ3n) is 4.11. The van der Waals surface area contributed by atoms with Crippen molar-refractivity contribution in [2.45, 2.75) is 45.4 Å². The maximum Gasteiger partial charge on any atom is 0.305 e. The first-order chi connectivity index (χ1) is 13.7. The number of rotatable bonds is 12. The summed E-state index contributed by atoms with van der Waals surface area (Å²) >= 11 is 0. The highest BCUT2D eigenvalue weighted by Gasteiger charge is 2.07. The molecule has 5 nitrogen and oxygen atoms in total. The minimum Gasteiger partial charge on any atom is -0.494 e. The molecule has 2 rings (SSSR count). The van der Waals surface area contributed by atoms with Crippen LogP contribution in [0.5, 0.6) is 5.75 Å². The molecule has 0 spiro atoms. The predicted molar refractivity (Wildman–Crippen MR) is 110 cm³/mol. The van der Waals surface area contributed by atoms with Crippen molar-refractivity contribution >= 4 is 17.6 Å². The van der Waals surface area contributed by atoms with Gasteiger partial charge in [-0.25, -0.2) is 0 Å². The van der Waals surface area contributed by atoms with Gasteiger partial charge in [-0.05, 0) is 55.5 Å². The van der Waals surface area contributed by atoms with Crippen molar-refractivity contribution in [3.63, 3.8) is 0 Å². The van der Waals surface area contributed by atoms with Crippen LogP contribution >= 0.6 is 0 Å². The van der Waals surface area contributed by atoms with E-state index >= 15 is 0 Å². The molecule has 0 heterocycles.